The van der Waals surface area contributed by atoms with E-state index in [1.54, 1.807) is 0 Å². The molecule has 0 radical (unpaired) electrons. The first-order valence-electron chi connectivity index (χ1n) is 11.2. The monoisotopic (exact) mass is 606 g/mol. The first-order chi connectivity index (χ1) is 18.1. The van der Waals surface area contributed by atoms with Crippen molar-refractivity contribution in [2.45, 2.75) is 44.3 Å². The molecule has 2 aromatic rings. The molecule has 0 bridgehead atoms. The lowest BCUT2D eigenvalue weighted by Gasteiger charge is -2.23. The van der Waals surface area contributed by atoms with Crippen molar-refractivity contribution in [3.63, 3.8) is 0 Å². The number of hydrogen-bond acceptors (Lipinski definition) is 2. The Morgan fingerprint density at radius 2 is 1.60 bits per heavy atom. The summed E-state index contributed by atoms with van der Waals surface area (Å²) in [6.07, 6.45) is -15.0. The van der Waals surface area contributed by atoms with Gasteiger partial charge in [0.25, 0.3) is 5.91 Å². The van der Waals surface area contributed by atoms with Crippen LogP contribution in [0, 0.1) is 6.92 Å². The molecule has 4 nitrogen and oxygen atoms in total. The van der Waals surface area contributed by atoms with Gasteiger partial charge in [0.2, 0.25) is 5.91 Å². The maximum Gasteiger partial charge on any atom is 0.417 e. The number of alkyl halides is 9. The van der Waals surface area contributed by atoms with Crippen LogP contribution in [0.5, 0.6) is 0 Å². The molecule has 1 unspecified atom stereocenters. The molecule has 40 heavy (non-hydrogen) atoms. The van der Waals surface area contributed by atoms with Crippen LogP contribution in [-0.2, 0) is 11.0 Å². The van der Waals surface area contributed by atoms with E-state index < -0.39 is 76.9 Å². The summed E-state index contributed by atoms with van der Waals surface area (Å²) in [4.78, 5) is 24.8. The molecular weight excluding hydrogens is 586 g/mol. The van der Waals surface area contributed by atoms with E-state index in [4.69, 9.17) is 11.6 Å². The van der Waals surface area contributed by atoms with Gasteiger partial charge in [0.15, 0.2) is 0 Å². The number of benzene rings is 2. The van der Waals surface area contributed by atoms with E-state index in [2.05, 4.69) is 0 Å². The van der Waals surface area contributed by atoms with Crippen LogP contribution in [0.2, 0.25) is 5.02 Å². The zero-order valence-electron chi connectivity index (χ0n) is 20.8. The van der Waals surface area contributed by atoms with E-state index in [0.29, 0.717) is 12.1 Å². The lowest BCUT2D eigenvalue weighted by Crippen LogP contribution is -2.48. The molecule has 0 heterocycles. The van der Waals surface area contributed by atoms with Crippen LogP contribution < -0.4 is 5.32 Å². The Morgan fingerprint density at radius 3 is 2.10 bits per heavy atom. The molecule has 0 fully saturated rings. The first-order valence-corrected chi connectivity index (χ1v) is 11.5. The molecule has 220 valence electrons. The molecule has 2 aromatic carbocycles. The van der Waals surface area contributed by atoms with Crippen molar-refractivity contribution >= 4 is 29.2 Å². The molecule has 0 aliphatic carbocycles. The Kier molecular flexibility index (Phi) is 9.93. The fourth-order valence-corrected chi connectivity index (χ4v) is 3.74. The van der Waals surface area contributed by atoms with Gasteiger partial charge >= 0.3 is 18.5 Å². The smallest absolute Gasteiger partial charge is 0.341 e. The van der Waals surface area contributed by atoms with Gasteiger partial charge in [-0.15, -0.1) is 0 Å². The summed E-state index contributed by atoms with van der Waals surface area (Å²) in [6, 6.07) is 2.72. The third kappa shape index (κ3) is 8.60. The number of nitrogens with one attached hydrogen (secondary N) is 1. The zero-order valence-corrected chi connectivity index (χ0v) is 21.6. The van der Waals surface area contributed by atoms with E-state index in [9.17, 15) is 53.5 Å². The number of halogens is 11. The SMILES string of the molecule is Cc1cc(C(/C=C(\F)c2ccc(C(=O)N[C@H](C)C(=O)N(C)CC(F)(F)F)c(C(F)(F)F)c2)C(F)(F)F)ccc1Cl. The number of rotatable bonds is 7. The van der Waals surface area contributed by atoms with Gasteiger partial charge in [-0.1, -0.05) is 29.8 Å². The Balaban J connectivity index is 2.44. The second kappa shape index (κ2) is 12.1. The largest absolute Gasteiger partial charge is 0.417 e. The second-order valence-corrected chi connectivity index (χ2v) is 9.21. The minimum Gasteiger partial charge on any atom is -0.341 e. The van der Waals surface area contributed by atoms with Crippen molar-refractivity contribution < 1.29 is 53.5 Å². The predicted octanol–water partition coefficient (Wildman–Crippen LogP) is 7.46. The highest BCUT2D eigenvalue weighted by molar-refractivity contribution is 6.31. The van der Waals surface area contributed by atoms with Gasteiger partial charge in [-0.25, -0.2) is 4.39 Å². The lowest BCUT2D eigenvalue weighted by atomic mass is 9.94. The molecule has 2 atom stereocenters. The summed E-state index contributed by atoms with van der Waals surface area (Å²) in [5.41, 5.74) is -4.00. The number of carbonyl (C=O) groups is 2. The zero-order chi connectivity index (χ0) is 30.8. The molecule has 2 rings (SSSR count). The normalized spacial score (nSPS) is 14.5. The van der Waals surface area contributed by atoms with Crippen LogP contribution >= 0.6 is 11.6 Å². The quantitative estimate of drug-likeness (QED) is 0.333. The van der Waals surface area contributed by atoms with E-state index in [1.807, 2.05) is 5.32 Å². The molecule has 0 aromatic heterocycles. The van der Waals surface area contributed by atoms with Gasteiger partial charge in [-0.2, -0.15) is 39.5 Å². The van der Waals surface area contributed by atoms with Crippen molar-refractivity contribution in [3.8, 4) is 0 Å². The molecule has 2 amide bonds. The molecule has 0 aliphatic heterocycles. The van der Waals surface area contributed by atoms with Gasteiger partial charge in [0.1, 0.15) is 24.3 Å². The minimum atomic E-state index is -5.31. The topological polar surface area (TPSA) is 49.4 Å². The fourth-order valence-electron chi connectivity index (χ4n) is 3.62. The molecular formula is C25H21ClF10N2O2. The van der Waals surface area contributed by atoms with E-state index >= 15 is 0 Å². The summed E-state index contributed by atoms with van der Waals surface area (Å²) in [5, 5.41) is 1.98. The maximum atomic E-state index is 14.9. The summed E-state index contributed by atoms with van der Waals surface area (Å²) < 4.78 is 135. The van der Waals surface area contributed by atoms with E-state index in [0.717, 1.165) is 32.2 Å². The van der Waals surface area contributed by atoms with Crippen LogP contribution in [0.15, 0.2) is 42.5 Å². The van der Waals surface area contributed by atoms with Gasteiger partial charge in [0, 0.05) is 17.6 Å². The predicted molar refractivity (Wildman–Crippen MR) is 126 cm³/mol. The van der Waals surface area contributed by atoms with Crippen LogP contribution in [-0.4, -0.2) is 48.7 Å². The Hall–Kier alpha value is -3.29. The van der Waals surface area contributed by atoms with Crippen molar-refractivity contribution in [2.24, 2.45) is 0 Å². The van der Waals surface area contributed by atoms with E-state index in [-0.39, 0.29) is 27.6 Å². The number of amides is 2. The third-order valence-corrected chi connectivity index (χ3v) is 5.99. The van der Waals surface area contributed by atoms with Gasteiger partial charge < -0.3 is 10.2 Å². The molecule has 0 saturated heterocycles. The lowest BCUT2D eigenvalue weighted by molar-refractivity contribution is -0.159. The van der Waals surface area contributed by atoms with Crippen LogP contribution in [0.25, 0.3) is 5.83 Å². The highest BCUT2D eigenvalue weighted by Gasteiger charge is 2.41. The fraction of sp³-hybridized carbons (Fsp3) is 0.360. The minimum absolute atomic E-state index is 0.0785. The van der Waals surface area contributed by atoms with Crippen molar-refractivity contribution in [3.05, 3.63) is 75.3 Å². The standard InChI is InChI=1S/C25H21ClF10N2O2/c1-12-8-14(5-7-19(12)26)17(24(31,32)33)10-20(27)15-4-6-16(18(9-15)25(34,35)36)21(39)37-13(2)22(40)38(3)11-23(28,29)30/h4-10,13,17H,11H2,1-3H3,(H,37,39)/b20-10-/t13-,17?/m1/s1. The Bertz CT molecular complexity index is 1290. The van der Waals surface area contributed by atoms with Crippen molar-refractivity contribution in [1.82, 2.24) is 10.2 Å². The summed E-state index contributed by atoms with van der Waals surface area (Å²) in [6.45, 7) is 0.656. The van der Waals surface area contributed by atoms with E-state index in [1.165, 1.54) is 6.92 Å². The second-order valence-electron chi connectivity index (χ2n) is 8.81. The molecule has 0 spiro atoms. The Labute approximate surface area is 226 Å². The molecule has 0 saturated carbocycles. The average Bonchev–Trinajstić information content (AvgIpc) is 2.80. The average molecular weight is 607 g/mol. The number of nitrogens with zero attached hydrogens (tertiary/aromatic N) is 1. The van der Waals surface area contributed by atoms with Crippen molar-refractivity contribution in [1.29, 1.82) is 0 Å². The summed E-state index contributed by atoms with van der Waals surface area (Å²) in [7, 11) is 0.767. The van der Waals surface area contributed by atoms with Crippen LogP contribution in [0.4, 0.5) is 43.9 Å². The van der Waals surface area contributed by atoms with Gasteiger partial charge in [-0.3, -0.25) is 9.59 Å². The molecule has 15 heteroatoms. The van der Waals surface area contributed by atoms with Crippen molar-refractivity contribution in [2.75, 3.05) is 13.6 Å². The van der Waals surface area contributed by atoms with Gasteiger partial charge in [0.05, 0.1) is 11.1 Å². The summed E-state index contributed by atoms with van der Waals surface area (Å²) >= 11 is 5.82. The summed E-state index contributed by atoms with van der Waals surface area (Å²) in [5.74, 6) is -7.03. The number of hydrogen-bond donors (Lipinski definition) is 1. The number of allylic oxidation sites excluding steroid dienone is 1. The maximum absolute atomic E-state index is 14.9. The molecule has 0 aliphatic rings. The van der Waals surface area contributed by atoms with Crippen LogP contribution in [0.1, 0.15) is 45.5 Å². The highest BCUT2D eigenvalue weighted by atomic mass is 35.5. The number of likely N-dealkylation sites (N-methyl/N-ethyl adjacent to an activating group) is 1. The van der Waals surface area contributed by atoms with Crippen LogP contribution in [0.3, 0.4) is 0 Å². The highest BCUT2D eigenvalue weighted by Crippen LogP contribution is 2.40. The molecule has 1 N–H and O–H groups in total. The Morgan fingerprint density at radius 1 is 1.00 bits per heavy atom. The first kappa shape index (κ1) is 32.9. The number of carbonyl (C=O) groups excluding carboxylic acids is 2. The third-order valence-electron chi connectivity index (χ3n) is 5.56. The van der Waals surface area contributed by atoms with Gasteiger partial charge in [-0.05, 0) is 49.2 Å². The number of aryl methyl sites for hydroxylation is 1.